The number of likely N-dealkylation sites (tertiary alicyclic amines) is 1. The Morgan fingerprint density at radius 1 is 0.944 bits per heavy atom. The fraction of sp³-hybridized carbons (Fsp3) is 1.00. The lowest BCUT2D eigenvalue weighted by Gasteiger charge is -2.42. The molecular formula is C15H31N3. The Hall–Kier alpha value is -0.120. The molecule has 0 aliphatic carbocycles. The Balaban J connectivity index is 1.67. The van der Waals surface area contributed by atoms with E-state index >= 15 is 0 Å². The number of hydrogen-bond acceptors (Lipinski definition) is 3. The van der Waals surface area contributed by atoms with Gasteiger partial charge in [-0.1, -0.05) is 13.8 Å². The van der Waals surface area contributed by atoms with Gasteiger partial charge in [0, 0.05) is 32.2 Å². The molecule has 2 saturated heterocycles. The normalized spacial score (nSPS) is 26.0. The summed E-state index contributed by atoms with van der Waals surface area (Å²) in [6, 6.07) is 0.869. The van der Waals surface area contributed by atoms with Crippen molar-refractivity contribution in [2.45, 2.75) is 39.2 Å². The van der Waals surface area contributed by atoms with Gasteiger partial charge in [0.15, 0.2) is 0 Å². The smallest absolute Gasteiger partial charge is 0.0121 e. The summed E-state index contributed by atoms with van der Waals surface area (Å²) >= 11 is 0. The minimum absolute atomic E-state index is 0.848. The van der Waals surface area contributed by atoms with E-state index in [9.17, 15) is 0 Å². The molecule has 0 saturated carbocycles. The highest BCUT2D eigenvalue weighted by atomic mass is 15.3. The lowest BCUT2D eigenvalue weighted by molar-refractivity contribution is 0.0666. The standard InChI is InChI=1S/C15H31N3/c1-14(2)4-7-17-8-5-15(6-9-17)18-12-10-16(3)11-13-18/h14-15H,4-13H2,1-3H3. The van der Waals surface area contributed by atoms with Crippen molar-refractivity contribution in [1.29, 1.82) is 0 Å². The van der Waals surface area contributed by atoms with Gasteiger partial charge in [-0.25, -0.2) is 0 Å². The van der Waals surface area contributed by atoms with Crippen LogP contribution in [0.1, 0.15) is 33.1 Å². The molecular weight excluding hydrogens is 222 g/mol. The Bertz CT molecular complexity index is 226. The van der Waals surface area contributed by atoms with Crippen LogP contribution in [-0.2, 0) is 0 Å². The molecule has 2 heterocycles. The fourth-order valence-corrected chi connectivity index (χ4v) is 3.14. The third kappa shape index (κ3) is 4.22. The summed E-state index contributed by atoms with van der Waals surface area (Å²) in [5.74, 6) is 0.848. The molecule has 2 fully saturated rings. The maximum Gasteiger partial charge on any atom is 0.0121 e. The summed E-state index contributed by atoms with van der Waals surface area (Å²) in [6.45, 7) is 13.7. The van der Waals surface area contributed by atoms with Crippen LogP contribution in [0.5, 0.6) is 0 Å². The predicted octanol–water partition coefficient (Wildman–Crippen LogP) is 1.74. The summed E-state index contributed by atoms with van der Waals surface area (Å²) in [4.78, 5) is 7.86. The van der Waals surface area contributed by atoms with Crippen molar-refractivity contribution in [3.63, 3.8) is 0 Å². The highest BCUT2D eigenvalue weighted by Crippen LogP contribution is 2.18. The van der Waals surface area contributed by atoms with E-state index in [4.69, 9.17) is 0 Å². The van der Waals surface area contributed by atoms with Crippen molar-refractivity contribution < 1.29 is 0 Å². The third-order valence-electron chi connectivity index (χ3n) is 4.63. The van der Waals surface area contributed by atoms with Gasteiger partial charge in [-0.15, -0.1) is 0 Å². The van der Waals surface area contributed by atoms with E-state index < -0.39 is 0 Å². The minimum atomic E-state index is 0.848. The summed E-state index contributed by atoms with van der Waals surface area (Å²) in [5.41, 5.74) is 0. The van der Waals surface area contributed by atoms with E-state index in [0.717, 1.165) is 12.0 Å². The summed E-state index contributed by atoms with van der Waals surface area (Å²) < 4.78 is 0. The number of piperazine rings is 1. The van der Waals surface area contributed by atoms with E-state index in [1.54, 1.807) is 0 Å². The van der Waals surface area contributed by atoms with Crippen LogP contribution in [0.15, 0.2) is 0 Å². The Labute approximate surface area is 113 Å². The van der Waals surface area contributed by atoms with Crippen molar-refractivity contribution in [2.75, 3.05) is 52.9 Å². The van der Waals surface area contributed by atoms with Gasteiger partial charge in [0.2, 0.25) is 0 Å². The number of piperidine rings is 1. The Morgan fingerprint density at radius 2 is 1.56 bits per heavy atom. The second-order valence-electron chi connectivity index (χ2n) is 6.59. The van der Waals surface area contributed by atoms with Crippen molar-refractivity contribution in [2.24, 2.45) is 5.92 Å². The molecule has 2 aliphatic rings. The molecule has 0 bridgehead atoms. The molecule has 0 unspecified atom stereocenters. The monoisotopic (exact) mass is 253 g/mol. The Morgan fingerprint density at radius 3 is 2.11 bits per heavy atom. The molecule has 3 nitrogen and oxygen atoms in total. The molecule has 0 atom stereocenters. The molecule has 0 N–H and O–H groups in total. The van der Waals surface area contributed by atoms with Gasteiger partial charge in [-0.3, -0.25) is 4.90 Å². The molecule has 106 valence electrons. The molecule has 0 aromatic carbocycles. The second-order valence-corrected chi connectivity index (χ2v) is 6.59. The van der Waals surface area contributed by atoms with Crippen molar-refractivity contribution in [3.05, 3.63) is 0 Å². The van der Waals surface area contributed by atoms with Crippen LogP contribution in [-0.4, -0.2) is 73.6 Å². The van der Waals surface area contributed by atoms with Crippen LogP contribution in [0.25, 0.3) is 0 Å². The van der Waals surface area contributed by atoms with Gasteiger partial charge in [-0.05, 0) is 51.9 Å². The first-order valence-corrected chi connectivity index (χ1v) is 7.80. The first-order valence-electron chi connectivity index (χ1n) is 7.80. The zero-order valence-electron chi connectivity index (χ0n) is 12.6. The van der Waals surface area contributed by atoms with Gasteiger partial charge >= 0.3 is 0 Å². The van der Waals surface area contributed by atoms with Gasteiger partial charge < -0.3 is 9.80 Å². The lowest BCUT2D eigenvalue weighted by atomic mass is 10.0. The van der Waals surface area contributed by atoms with Crippen LogP contribution >= 0.6 is 0 Å². The molecule has 18 heavy (non-hydrogen) atoms. The van der Waals surface area contributed by atoms with Crippen molar-refractivity contribution >= 4 is 0 Å². The number of nitrogens with zero attached hydrogens (tertiary/aromatic N) is 3. The second kappa shape index (κ2) is 6.88. The average molecular weight is 253 g/mol. The highest BCUT2D eigenvalue weighted by Gasteiger charge is 2.26. The van der Waals surface area contributed by atoms with Crippen LogP contribution in [0.4, 0.5) is 0 Å². The van der Waals surface area contributed by atoms with Crippen LogP contribution in [0.3, 0.4) is 0 Å². The fourth-order valence-electron chi connectivity index (χ4n) is 3.14. The summed E-state index contributed by atoms with van der Waals surface area (Å²) in [5, 5.41) is 0. The van der Waals surface area contributed by atoms with E-state index in [1.807, 2.05) is 0 Å². The van der Waals surface area contributed by atoms with E-state index in [2.05, 4.69) is 35.6 Å². The number of likely N-dealkylation sites (N-methyl/N-ethyl adjacent to an activating group) is 1. The summed E-state index contributed by atoms with van der Waals surface area (Å²) in [7, 11) is 2.24. The SMILES string of the molecule is CC(C)CCN1CCC(N2CCN(C)CC2)CC1. The molecule has 2 aliphatic heterocycles. The van der Waals surface area contributed by atoms with E-state index in [1.165, 1.54) is 65.1 Å². The van der Waals surface area contributed by atoms with Crippen LogP contribution in [0, 0.1) is 5.92 Å². The van der Waals surface area contributed by atoms with Crippen molar-refractivity contribution in [1.82, 2.24) is 14.7 Å². The number of hydrogen-bond donors (Lipinski definition) is 0. The highest BCUT2D eigenvalue weighted by molar-refractivity contribution is 4.82. The first-order chi connectivity index (χ1) is 8.65. The van der Waals surface area contributed by atoms with E-state index in [0.29, 0.717) is 0 Å². The third-order valence-corrected chi connectivity index (χ3v) is 4.63. The zero-order chi connectivity index (χ0) is 13.0. The largest absolute Gasteiger partial charge is 0.304 e. The average Bonchev–Trinajstić information content (AvgIpc) is 2.38. The van der Waals surface area contributed by atoms with Gasteiger partial charge in [0.05, 0.1) is 0 Å². The van der Waals surface area contributed by atoms with Crippen LogP contribution < -0.4 is 0 Å². The van der Waals surface area contributed by atoms with Gasteiger partial charge in [0.1, 0.15) is 0 Å². The lowest BCUT2D eigenvalue weighted by Crippen LogP contribution is -2.52. The van der Waals surface area contributed by atoms with E-state index in [-0.39, 0.29) is 0 Å². The predicted molar refractivity (Wildman–Crippen MR) is 78.0 cm³/mol. The molecule has 3 heteroatoms. The molecule has 2 rings (SSSR count). The molecule has 0 amide bonds. The quantitative estimate of drug-likeness (QED) is 0.756. The topological polar surface area (TPSA) is 9.72 Å². The van der Waals surface area contributed by atoms with Gasteiger partial charge in [-0.2, -0.15) is 0 Å². The summed E-state index contributed by atoms with van der Waals surface area (Å²) in [6.07, 6.45) is 4.14. The minimum Gasteiger partial charge on any atom is -0.304 e. The van der Waals surface area contributed by atoms with Crippen molar-refractivity contribution in [3.8, 4) is 0 Å². The van der Waals surface area contributed by atoms with Gasteiger partial charge in [0.25, 0.3) is 0 Å². The molecule has 0 aromatic rings. The number of rotatable bonds is 4. The first kappa shape index (κ1) is 14.3. The molecule has 0 aromatic heterocycles. The molecule has 0 radical (unpaired) electrons. The zero-order valence-corrected chi connectivity index (χ0v) is 12.6. The maximum atomic E-state index is 2.74. The molecule has 0 spiro atoms. The van der Waals surface area contributed by atoms with Crippen LogP contribution in [0.2, 0.25) is 0 Å². The Kier molecular flexibility index (Phi) is 5.46. The maximum absolute atomic E-state index is 2.74.